The standard InChI is InChI=1S/C56H42Br2N2O4/c1-61-43-21-9-33(10-22-43)39-29-47(35-13-25-45(63-3)26-14-35)53-49(31-39)59-55(51(53)37-5-17-41(57)18-6-37)56-52(38-7-19-42(58)20-8-38)54-48(36-15-27-46(64-4)28-16-36)30-40(32-50(54)60-56)34-11-23-44(62-2)24-12-34/h5-32,59-60H,1-4H3. The van der Waals surface area contributed by atoms with E-state index in [1.54, 1.807) is 28.4 Å². The largest absolute Gasteiger partial charge is 0.497 e. The number of aromatic amines is 2. The van der Waals surface area contributed by atoms with Crippen molar-refractivity contribution in [2.24, 2.45) is 0 Å². The topological polar surface area (TPSA) is 68.5 Å². The number of fused-ring (bicyclic) bond motifs is 2. The maximum absolute atomic E-state index is 5.62. The lowest BCUT2D eigenvalue weighted by atomic mass is 9.89. The lowest BCUT2D eigenvalue weighted by molar-refractivity contribution is 0.415. The van der Waals surface area contributed by atoms with Crippen LogP contribution in [0, 0.1) is 0 Å². The normalized spacial score (nSPS) is 11.3. The lowest BCUT2D eigenvalue weighted by Gasteiger charge is -2.14. The van der Waals surface area contributed by atoms with Gasteiger partial charge in [0.1, 0.15) is 23.0 Å². The number of hydrogen-bond donors (Lipinski definition) is 2. The second-order valence-electron chi connectivity index (χ2n) is 15.6. The number of aromatic nitrogens is 2. The highest BCUT2D eigenvalue weighted by Crippen LogP contribution is 2.50. The average Bonchev–Trinajstić information content (AvgIpc) is 3.93. The fraction of sp³-hybridized carbons (Fsp3) is 0.0714. The van der Waals surface area contributed by atoms with Gasteiger partial charge in [0.25, 0.3) is 0 Å². The van der Waals surface area contributed by atoms with Crippen LogP contribution in [-0.4, -0.2) is 38.4 Å². The molecule has 0 atom stereocenters. The molecule has 2 N–H and O–H groups in total. The van der Waals surface area contributed by atoms with Crippen LogP contribution in [0.15, 0.2) is 179 Å². The van der Waals surface area contributed by atoms with Gasteiger partial charge in [0.15, 0.2) is 0 Å². The van der Waals surface area contributed by atoms with Crippen LogP contribution in [-0.2, 0) is 0 Å². The van der Waals surface area contributed by atoms with Gasteiger partial charge < -0.3 is 28.9 Å². The number of methoxy groups -OCH3 is 4. The Morgan fingerprint density at radius 2 is 0.594 bits per heavy atom. The van der Waals surface area contributed by atoms with Crippen molar-refractivity contribution >= 4 is 53.7 Å². The van der Waals surface area contributed by atoms with Gasteiger partial charge >= 0.3 is 0 Å². The van der Waals surface area contributed by atoms with Crippen LogP contribution in [0.5, 0.6) is 23.0 Å². The summed E-state index contributed by atoms with van der Waals surface area (Å²) in [6.07, 6.45) is 0. The van der Waals surface area contributed by atoms with E-state index < -0.39 is 0 Å². The summed E-state index contributed by atoms with van der Waals surface area (Å²) in [5.41, 5.74) is 16.9. The minimum Gasteiger partial charge on any atom is -0.497 e. The van der Waals surface area contributed by atoms with E-state index >= 15 is 0 Å². The Morgan fingerprint density at radius 3 is 0.891 bits per heavy atom. The zero-order valence-electron chi connectivity index (χ0n) is 35.6. The van der Waals surface area contributed by atoms with Gasteiger partial charge in [-0.1, -0.05) is 105 Å². The smallest absolute Gasteiger partial charge is 0.118 e. The molecule has 314 valence electrons. The van der Waals surface area contributed by atoms with Gasteiger partial charge in [-0.2, -0.15) is 0 Å². The Balaban J connectivity index is 1.33. The predicted molar refractivity (Wildman–Crippen MR) is 270 cm³/mol. The van der Waals surface area contributed by atoms with E-state index in [1.807, 2.05) is 48.5 Å². The SMILES string of the molecule is COc1ccc(-c2cc(-c3ccc(OC)cc3)c3c(-c4ccc(Br)cc4)c(-c4[nH]c5cc(-c6ccc(OC)cc6)cc(-c6ccc(OC)cc6)c5c4-c4ccc(Br)cc4)[nH]c3c2)cc1. The van der Waals surface area contributed by atoms with Crippen molar-refractivity contribution in [2.45, 2.75) is 0 Å². The van der Waals surface area contributed by atoms with E-state index in [9.17, 15) is 0 Å². The van der Waals surface area contributed by atoms with Crippen LogP contribution >= 0.6 is 31.9 Å². The fourth-order valence-electron chi connectivity index (χ4n) is 8.75. The average molecular weight is 967 g/mol. The highest BCUT2D eigenvalue weighted by atomic mass is 79.9. The van der Waals surface area contributed by atoms with Gasteiger partial charge in [0.2, 0.25) is 0 Å². The van der Waals surface area contributed by atoms with Crippen LogP contribution < -0.4 is 18.9 Å². The van der Waals surface area contributed by atoms with Gasteiger partial charge in [-0.05, 0) is 153 Å². The van der Waals surface area contributed by atoms with Crippen LogP contribution in [0.3, 0.4) is 0 Å². The maximum Gasteiger partial charge on any atom is 0.118 e. The molecule has 64 heavy (non-hydrogen) atoms. The number of hydrogen-bond acceptors (Lipinski definition) is 4. The molecule has 10 aromatic rings. The molecule has 0 aliphatic heterocycles. The molecular formula is C56H42Br2N2O4. The molecule has 0 aliphatic rings. The van der Waals surface area contributed by atoms with Crippen molar-refractivity contribution in [2.75, 3.05) is 28.4 Å². The Hall–Kier alpha value is -7.00. The van der Waals surface area contributed by atoms with E-state index in [0.717, 1.165) is 132 Å². The van der Waals surface area contributed by atoms with E-state index in [0.29, 0.717) is 0 Å². The minimum atomic E-state index is 0.799. The zero-order valence-corrected chi connectivity index (χ0v) is 38.7. The molecule has 0 radical (unpaired) electrons. The highest BCUT2D eigenvalue weighted by molar-refractivity contribution is 9.10. The Morgan fingerprint density at radius 1 is 0.312 bits per heavy atom. The first-order valence-corrected chi connectivity index (χ1v) is 22.4. The van der Waals surface area contributed by atoms with Gasteiger partial charge in [-0.15, -0.1) is 0 Å². The summed E-state index contributed by atoms with van der Waals surface area (Å²) in [7, 11) is 6.79. The number of rotatable bonds is 11. The van der Waals surface area contributed by atoms with Crippen molar-refractivity contribution in [1.29, 1.82) is 0 Å². The van der Waals surface area contributed by atoms with Crippen LogP contribution in [0.4, 0.5) is 0 Å². The highest BCUT2D eigenvalue weighted by Gasteiger charge is 2.27. The Kier molecular flexibility index (Phi) is 11.1. The number of ether oxygens (including phenoxy) is 4. The summed E-state index contributed by atoms with van der Waals surface area (Å²) in [6, 6.07) is 59.5. The molecule has 2 heterocycles. The van der Waals surface area contributed by atoms with Crippen molar-refractivity contribution in [3.63, 3.8) is 0 Å². The van der Waals surface area contributed by atoms with E-state index in [2.05, 4.69) is 163 Å². The van der Waals surface area contributed by atoms with Crippen LogP contribution in [0.25, 0.3) is 100.0 Å². The van der Waals surface area contributed by atoms with Gasteiger partial charge in [-0.25, -0.2) is 0 Å². The molecule has 0 saturated carbocycles. The molecular weight excluding hydrogens is 924 g/mol. The third-order valence-electron chi connectivity index (χ3n) is 12.0. The molecule has 0 aliphatic carbocycles. The first-order chi connectivity index (χ1) is 31.3. The van der Waals surface area contributed by atoms with Crippen LogP contribution in [0.2, 0.25) is 0 Å². The molecule has 8 heteroatoms. The third-order valence-corrected chi connectivity index (χ3v) is 13.0. The summed E-state index contributed by atoms with van der Waals surface area (Å²) in [6.45, 7) is 0. The second kappa shape index (κ2) is 17.3. The maximum atomic E-state index is 5.62. The molecule has 0 saturated heterocycles. The first-order valence-electron chi connectivity index (χ1n) is 20.8. The summed E-state index contributed by atoms with van der Waals surface area (Å²) >= 11 is 7.45. The lowest BCUT2D eigenvalue weighted by Crippen LogP contribution is -1.89. The molecule has 6 nitrogen and oxygen atoms in total. The number of H-pyrrole nitrogens is 2. The van der Waals surface area contributed by atoms with E-state index in [4.69, 9.17) is 18.9 Å². The molecule has 0 bridgehead atoms. The fourth-order valence-corrected chi connectivity index (χ4v) is 9.28. The van der Waals surface area contributed by atoms with Crippen LogP contribution in [0.1, 0.15) is 0 Å². The molecule has 0 amide bonds. The summed E-state index contributed by atoms with van der Waals surface area (Å²) < 4.78 is 24.3. The molecule has 0 spiro atoms. The third kappa shape index (κ3) is 7.63. The van der Waals surface area contributed by atoms with E-state index in [1.165, 1.54) is 0 Å². The molecule has 2 aromatic heterocycles. The zero-order chi connectivity index (χ0) is 43.9. The van der Waals surface area contributed by atoms with Gasteiger partial charge in [0.05, 0.1) is 39.8 Å². The van der Waals surface area contributed by atoms with Crippen molar-refractivity contribution in [3.8, 4) is 101 Å². The molecule has 8 aromatic carbocycles. The molecule has 10 rings (SSSR count). The molecule has 0 fully saturated rings. The summed E-state index contributed by atoms with van der Waals surface area (Å²) in [4.78, 5) is 8.09. The summed E-state index contributed by atoms with van der Waals surface area (Å²) in [5, 5.41) is 2.21. The van der Waals surface area contributed by atoms with Gasteiger partial charge in [-0.3, -0.25) is 0 Å². The van der Waals surface area contributed by atoms with Crippen molar-refractivity contribution < 1.29 is 18.9 Å². The minimum absolute atomic E-state index is 0.799. The predicted octanol–water partition coefficient (Wildman–Crippen LogP) is 15.9. The monoisotopic (exact) mass is 964 g/mol. The Labute approximate surface area is 388 Å². The first kappa shape index (κ1) is 41.0. The van der Waals surface area contributed by atoms with Crippen molar-refractivity contribution in [3.05, 3.63) is 179 Å². The van der Waals surface area contributed by atoms with Crippen molar-refractivity contribution in [1.82, 2.24) is 9.97 Å². The summed E-state index contributed by atoms with van der Waals surface area (Å²) in [5.74, 6) is 3.22. The second-order valence-corrected chi connectivity index (χ2v) is 17.4. The van der Waals surface area contributed by atoms with Gasteiger partial charge in [0, 0.05) is 41.9 Å². The molecule has 0 unspecified atom stereocenters. The number of halogens is 2. The quantitative estimate of drug-likeness (QED) is 0.136. The van der Waals surface area contributed by atoms with E-state index in [-0.39, 0.29) is 0 Å². The number of benzene rings is 8. The number of nitrogens with one attached hydrogen (secondary N) is 2. The Bertz CT molecular complexity index is 3060.